The molecule has 5 nitrogen and oxygen atoms in total. The minimum atomic E-state index is 0.234. The largest absolute Gasteiger partial charge is 0.484 e. The molecule has 3 aliphatic rings. The molecule has 0 N–H and O–H groups in total. The fourth-order valence-electron chi connectivity index (χ4n) is 4.46. The normalized spacial score (nSPS) is 21.2. The van der Waals surface area contributed by atoms with Crippen molar-refractivity contribution in [3.63, 3.8) is 0 Å². The van der Waals surface area contributed by atoms with Crippen LogP contribution in [0.15, 0.2) is 6.07 Å². The van der Waals surface area contributed by atoms with Gasteiger partial charge in [0, 0.05) is 31.1 Å². The van der Waals surface area contributed by atoms with Crippen molar-refractivity contribution in [2.24, 2.45) is 0 Å². The second-order valence-electron chi connectivity index (χ2n) is 8.12. The van der Waals surface area contributed by atoms with E-state index in [1.807, 2.05) is 9.80 Å². The third-order valence-electron chi connectivity index (χ3n) is 6.07. The lowest BCUT2D eigenvalue weighted by Crippen LogP contribution is -2.46. The van der Waals surface area contributed by atoms with E-state index >= 15 is 0 Å². The first-order chi connectivity index (χ1) is 13.3. The standard InChI is InChI=1S/C21H33N3O2S/c25-21(23-12-5-2-6-13-23)24-14-8-18-16-20(27-19(18)17-24)26-15-7-11-22-9-3-1-4-10-22/h16H,1-15,17H2. The summed E-state index contributed by atoms with van der Waals surface area (Å²) in [4.78, 5) is 20.7. The van der Waals surface area contributed by atoms with Gasteiger partial charge in [0.1, 0.15) is 0 Å². The Bertz CT molecular complexity index is 621. The number of carbonyl (C=O) groups excluding carboxylic acids is 1. The minimum absolute atomic E-state index is 0.234. The second-order valence-corrected chi connectivity index (χ2v) is 9.22. The molecule has 6 heteroatoms. The lowest BCUT2D eigenvalue weighted by molar-refractivity contribution is 0.139. The van der Waals surface area contributed by atoms with Gasteiger partial charge < -0.3 is 19.4 Å². The van der Waals surface area contributed by atoms with Crippen LogP contribution in [0.3, 0.4) is 0 Å². The number of ether oxygens (including phenoxy) is 1. The van der Waals surface area contributed by atoms with Gasteiger partial charge in [0.25, 0.3) is 0 Å². The number of likely N-dealkylation sites (tertiary alicyclic amines) is 2. The van der Waals surface area contributed by atoms with Crippen molar-refractivity contribution >= 4 is 17.4 Å². The van der Waals surface area contributed by atoms with Crippen LogP contribution in [0.5, 0.6) is 5.06 Å². The van der Waals surface area contributed by atoms with Crippen molar-refractivity contribution in [1.29, 1.82) is 0 Å². The van der Waals surface area contributed by atoms with E-state index < -0.39 is 0 Å². The van der Waals surface area contributed by atoms with E-state index in [2.05, 4.69) is 11.0 Å². The van der Waals surface area contributed by atoms with Crippen LogP contribution in [0, 0.1) is 0 Å². The second kappa shape index (κ2) is 9.28. The number of amides is 2. The number of nitrogens with zero attached hydrogens (tertiary/aromatic N) is 3. The Labute approximate surface area is 167 Å². The predicted molar refractivity (Wildman–Crippen MR) is 110 cm³/mol. The topological polar surface area (TPSA) is 36.0 Å². The van der Waals surface area contributed by atoms with Gasteiger partial charge >= 0.3 is 6.03 Å². The highest BCUT2D eigenvalue weighted by Gasteiger charge is 2.27. The Morgan fingerprint density at radius 3 is 2.48 bits per heavy atom. The summed E-state index contributed by atoms with van der Waals surface area (Å²) in [6.45, 7) is 7.92. The van der Waals surface area contributed by atoms with Gasteiger partial charge in [-0.2, -0.15) is 0 Å². The fourth-order valence-corrected chi connectivity index (χ4v) is 5.55. The van der Waals surface area contributed by atoms with Crippen LogP contribution in [0.4, 0.5) is 4.79 Å². The van der Waals surface area contributed by atoms with E-state index in [1.165, 1.54) is 49.2 Å². The molecule has 0 unspecified atom stereocenters. The Balaban J connectivity index is 1.24. The van der Waals surface area contributed by atoms with Crippen LogP contribution in [0.1, 0.15) is 55.4 Å². The van der Waals surface area contributed by atoms with E-state index in [4.69, 9.17) is 4.74 Å². The third kappa shape index (κ3) is 4.96. The maximum absolute atomic E-state index is 12.8. The summed E-state index contributed by atoms with van der Waals surface area (Å²) in [5, 5.41) is 1.03. The van der Waals surface area contributed by atoms with Gasteiger partial charge in [-0.3, -0.25) is 0 Å². The molecule has 150 valence electrons. The summed E-state index contributed by atoms with van der Waals surface area (Å²) >= 11 is 1.74. The molecular weight excluding hydrogens is 358 g/mol. The Kier molecular flexibility index (Phi) is 6.56. The Morgan fingerprint density at radius 2 is 1.70 bits per heavy atom. The van der Waals surface area contributed by atoms with Crippen LogP contribution in [-0.4, -0.2) is 66.6 Å². The highest BCUT2D eigenvalue weighted by molar-refractivity contribution is 7.14. The molecule has 4 rings (SSSR count). The first kappa shape index (κ1) is 19.1. The zero-order valence-electron chi connectivity index (χ0n) is 16.5. The van der Waals surface area contributed by atoms with Crippen molar-refractivity contribution in [2.75, 3.05) is 45.9 Å². The molecule has 0 atom stereocenters. The number of urea groups is 1. The van der Waals surface area contributed by atoms with Crippen molar-refractivity contribution < 1.29 is 9.53 Å². The maximum Gasteiger partial charge on any atom is 0.320 e. The molecule has 1 aromatic heterocycles. The van der Waals surface area contributed by atoms with Crippen molar-refractivity contribution in [3.05, 3.63) is 16.5 Å². The number of fused-ring (bicyclic) bond motifs is 1. The summed E-state index contributed by atoms with van der Waals surface area (Å²) < 4.78 is 6.04. The molecule has 2 saturated heterocycles. The first-order valence-electron chi connectivity index (χ1n) is 10.8. The van der Waals surface area contributed by atoms with E-state index in [9.17, 15) is 4.79 Å². The Hall–Kier alpha value is -1.27. The van der Waals surface area contributed by atoms with E-state index in [0.717, 1.165) is 70.1 Å². The zero-order valence-corrected chi connectivity index (χ0v) is 17.3. The van der Waals surface area contributed by atoms with Gasteiger partial charge in [-0.25, -0.2) is 4.79 Å². The number of thiophene rings is 1. The zero-order chi connectivity index (χ0) is 18.5. The van der Waals surface area contributed by atoms with Crippen LogP contribution in [0.2, 0.25) is 0 Å². The molecule has 0 spiro atoms. The molecule has 0 aliphatic carbocycles. The number of rotatable bonds is 5. The van der Waals surface area contributed by atoms with E-state index in [1.54, 1.807) is 11.3 Å². The number of carbonyl (C=O) groups is 1. The van der Waals surface area contributed by atoms with Crippen molar-refractivity contribution in [2.45, 2.75) is 57.9 Å². The quantitative estimate of drug-likeness (QED) is 0.713. The van der Waals surface area contributed by atoms with Gasteiger partial charge in [0.05, 0.1) is 13.2 Å². The summed E-state index contributed by atoms with van der Waals surface area (Å²) in [6.07, 6.45) is 9.72. The molecular formula is C21H33N3O2S. The first-order valence-corrected chi connectivity index (χ1v) is 11.6. The van der Waals surface area contributed by atoms with Gasteiger partial charge in [-0.05, 0) is 69.7 Å². The summed E-state index contributed by atoms with van der Waals surface area (Å²) in [6, 6.07) is 2.45. The summed E-state index contributed by atoms with van der Waals surface area (Å²) in [5.74, 6) is 0. The van der Waals surface area contributed by atoms with Crippen molar-refractivity contribution in [3.8, 4) is 5.06 Å². The third-order valence-corrected chi connectivity index (χ3v) is 7.14. The average molecular weight is 392 g/mol. The Morgan fingerprint density at radius 1 is 0.963 bits per heavy atom. The monoisotopic (exact) mass is 391 g/mol. The van der Waals surface area contributed by atoms with Gasteiger partial charge in [0.15, 0.2) is 5.06 Å². The lowest BCUT2D eigenvalue weighted by atomic mass is 10.1. The predicted octanol–water partition coefficient (Wildman–Crippen LogP) is 3.97. The number of piperidine rings is 2. The SMILES string of the molecule is O=C(N1CCCCC1)N1CCc2cc(OCCCN3CCCCC3)sc2C1. The van der Waals surface area contributed by atoms with Gasteiger partial charge in [0.2, 0.25) is 0 Å². The molecule has 0 saturated carbocycles. The molecule has 3 aliphatic heterocycles. The molecule has 0 bridgehead atoms. The number of hydrogen-bond donors (Lipinski definition) is 0. The molecule has 2 fully saturated rings. The summed E-state index contributed by atoms with van der Waals surface area (Å²) in [5.41, 5.74) is 1.38. The lowest BCUT2D eigenvalue weighted by Gasteiger charge is -2.34. The van der Waals surface area contributed by atoms with E-state index in [-0.39, 0.29) is 6.03 Å². The number of hydrogen-bond acceptors (Lipinski definition) is 4. The highest BCUT2D eigenvalue weighted by atomic mass is 32.1. The van der Waals surface area contributed by atoms with Crippen LogP contribution in [-0.2, 0) is 13.0 Å². The van der Waals surface area contributed by atoms with Crippen LogP contribution < -0.4 is 4.74 Å². The average Bonchev–Trinajstić information content (AvgIpc) is 3.14. The minimum Gasteiger partial charge on any atom is -0.484 e. The molecule has 0 aromatic carbocycles. The molecule has 2 amide bonds. The maximum atomic E-state index is 12.8. The van der Waals surface area contributed by atoms with Crippen LogP contribution >= 0.6 is 11.3 Å². The fraction of sp³-hybridized carbons (Fsp3) is 0.762. The van der Waals surface area contributed by atoms with Crippen LogP contribution in [0.25, 0.3) is 0 Å². The molecule has 1 aromatic rings. The highest BCUT2D eigenvalue weighted by Crippen LogP contribution is 2.34. The molecule has 27 heavy (non-hydrogen) atoms. The van der Waals surface area contributed by atoms with Gasteiger partial charge in [-0.15, -0.1) is 11.3 Å². The molecule has 4 heterocycles. The summed E-state index contributed by atoms with van der Waals surface area (Å²) in [7, 11) is 0. The van der Waals surface area contributed by atoms with Gasteiger partial charge in [-0.1, -0.05) is 6.42 Å². The van der Waals surface area contributed by atoms with Crippen molar-refractivity contribution in [1.82, 2.24) is 14.7 Å². The smallest absolute Gasteiger partial charge is 0.320 e. The van der Waals surface area contributed by atoms with E-state index in [0.29, 0.717) is 0 Å². The molecule has 0 radical (unpaired) electrons.